The molecule has 130 valence electrons. The Labute approximate surface area is 146 Å². The summed E-state index contributed by atoms with van der Waals surface area (Å²) in [6, 6.07) is 9.36. The van der Waals surface area contributed by atoms with Crippen molar-refractivity contribution in [2.45, 2.75) is 63.3 Å². The number of hydrogen-bond acceptors (Lipinski definition) is 2. The van der Waals surface area contributed by atoms with Gasteiger partial charge in [0.15, 0.2) is 0 Å². The first kappa shape index (κ1) is 16.1. The van der Waals surface area contributed by atoms with Gasteiger partial charge in [0.05, 0.1) is 0 Å². The smallest absolute Gasteiger partial charge is 0.253 e. The highest BCUT2D eigenvalue weighted by Gasteiger charge is 2.31. The maximum atomic E-state index is 12.8. The third kappa shape index (κ3) is 3.66. The van der Waals surface area contributed by atoms with Gasteiger partial charge in [0.25, 0.3) is 5.91 Å². The van der Waals surface area contributed by atoms with E-state index in [4.69, 9.17) is 0 Å². The highest BCUT2D eigenvalue weighted by Crippen LogP contribution is 2.32. The molecule has 2 saturated carbocycles. The van der Waals surface area contributed by atoms with Crippen LogP contribution in [0.25, 0.3) is 0 Å². The Morgan fingerprint density at radius 3 is 2.25 bits per heavy atom. The van der Waals surface area contributed by atoms with Crippen LogP contribution < -0.4 is 0 Å². The van der Waals surface area contributed by atoms with E-state index in [1.54, 1.807) is 0 Å². The number of rotatable bonds is 3. The summed E-state index contributed by atoms with van der Waals surface area (Å²) in [6.07, 6.45) is 10.6. The molecule has 0 atom stereocenters. The van der Waals surface area contributed by atoms with Gasteiger partial charge in [-0.3, -0.25) is 9.69 Å². The molecule has 24 heavy (non-hydrogen) atoms. The van der Waals surface area contributed by atoms with Crippen LogP contribution in [0.15, 0.2) is 24.3 Å². The minimum Gasteiger partial charge on any atom is -0.337 e. The summed E-state index contributed by atoms with van der Waals surface area (Å²) < 4.78 is 0. The van der Waals surface area contributed by atoms with Crippen LogP contribution in [0.2, 0.25) is 0 Å². The van der Waals surface area contributed by atoms with Crippen LogP contribution in [0.1, 0.15) is 73.2 Å². The molecular formula is C21H30N2O. The maximum Gasteiger partial charge on any atom is 0.253 e. The van der Waals surface area contributed by atoms with Crippen molar-refractivity contribution in [1.82, 2.24) is 9.80 Å². The standard InChI is InChI=1S/C21H30N2O/c24-21(23-14-4-13-22(15-16-23)20-11-12-20)19-9-7-18(8-10-19)17-5-2-1-3-6-17/h7-10,17,20H,1-6,11-16H2. The largest absolute Gasteiger partial charge is 0.337 e. The molecule has 2 aliphatic carbocycles. The van der Waals surface area contributed by atoms with Crippen molar-refractivity contribution in [3.8, 4) is 0 Å². The normalized spacial score (nSPS) is 23.9. The Kier molecular flexibility index (Phi) is 4.88. The Morgan fingerprint density at radius 2 is 1.54 bits per heavy atom. The van der Waals surface area contributed by atoms with Crippen LogP contribution in [0.3, 0.4) is 0 Å². The number of benzene rings is 1. The average Bonchev–Trinajstić information content (AvgIpc) is 3.48. The molecule has 1 saturated heterocycles. The van der Waals surface area contributed by atoms with E-state index in [1.165, 1.54) is 50.5 Å². The lowest BCUT2D eigenvalue weighted by Gasteiger charge is -2.23. The molecule has 1 heterocycles. The summed E-state index contributed by atoms with van der Waals surface area (Å²) in [4.78, 5) is 17.5. The number of carbonyl (C=O) groups excluding carboxylic acids is 1. The Balaban J connectivity index is 1.38. The molecule has 3 fully saturated rings. The van der Waals surface area contributed by atoms with Gasteiger partial charge in [0, 0.05) is 37.8 Å². The zero-order valence-corrected chi connectivity index (χ0v) is 14.8. The van der Waals surface area contributed by atoms with E-state index in [1.807, 2.05) is 0 Å². The van der Waals surface area contributed by atoms with Crippen molar-refractivity contribution < 1.29 is 4.79 Å². The van der Waals surface area contributed by atoms with Gasteiger partial charge in [-0.1, -0.05) is 31.4 Å². The summed E-state index contributed by atoms with van der Waals surface area (Å²) in [6.45, 7) is 4.01. The van der Waals surface area contributed by atoms with Gasteiger partial charge in [-0.15, -0.1) is 0 Å². The van der Waals surface area contributed by atoms with Crippen LogP contribution in [-0.4, -0.2) is 47.9 Å². The fraction of sp³-hybridized carbons (Fsp3) is 0.667. The quantitative estimate of drug-likeness (QED) is 0.837. The van der Waals surface area contributed by atoms with Gasteiger partial charge >= 0.3 is 0 Å². The molecule has 0 spiro atoms. The van der Waals surface area contributed by atoms with E-state index in [-0.39, 0.29) is 5.91 Å². The summed E-state index contributed by atoms with van der Waals surface area (Å²) in [5.41, 5.74) is 2.30. The SMILES string of the molecule is O=C(c1ccc(C2CCCCC2)cc1)N1CCCN(C2CC2)CC1. The minimum absolute atomic E-state index is 0.225. The molecule has 0 aromatic heterocycles. The van der Waals surface area contributed by atoms with E-state index in [9.17, 15) is 4.79 Å². The van der Waals surface area contributed by atoms with E-state index < -0.39 is 0 Å². The molecule has 4 rings (SSSR count). The van der Waals surface area contributed by atoms with E-state index >= 15 is 0 Å². The molecule has 0 unspecified atom stereocenters. The zero-order chi connectivity index (χ0) is 16.4. The highest BCUT2D eigenvalue weighted by atomic mass is 16.2. The van der Waals surface area contributed by atoms with Crippen LogP contribution in [0.4, 0.5) is 0 Å². The molecular weight excluding hydrogens is 296 g/mol. The van der Waals surface area contributed by atoms with E-state index in [0.29, 0.717) is 5.92 Å². The molecule has 0 radical (unpaired) electrons. The highest BCUT2D eigenvalue weighted by molar-refractivity contribution is 5.94. The molecule has 3 nitrogen and oxygen atoms in total. The van der Waals surface area contributed by atoms with E-state index in [0.717, 1.165) is 44.2 Å². The first-order chi connectivity index (χ1) is 11.8. The van der Waals surface area contributed by atoms with Crippen molar-refractivity contribution in [3.63, 3.8) is 0 Å². The molecule has 3 heteroatoms. The van der Waals surface area contributed by atoms with Gasteiger partial charge < -0.3 is 4.90 Å². The number of amides is 1. The lowest BCUT2D eigenvalue weighted by molar-refractivity contribution is 0.0761. The summed E-state index contributed by atoms with van der Waals surface area (Å²) in [7, 11) is 0. The first-order valence-corrected chi connectivity index (χ1v) is 9.94. The molecule has 3 aliphatic rings. The number of carbonyl (C=O) groups is 1. The van der Waals surface area contributed by atoms with Gasteiger partial charge in [-0.05, 0) is 55.7 Å². The number of hydrogen-bond donors (Lipinski definition) is 0. The molecule has 1 aromatic carbocycles. The molecule has 0 N–H and O–H groups in total. The third-order valence-corrected chi connectivity index (χ3v) is 6.12. The minimum atomic E-state index is 0.225. The molecule has 1 aromatic rings. The summed E-state index contributed by atoms with van der Waals surface area (Å²) >= 11 is 0. The van der Waals surface area contributed by atoms with Crippen LogP contribution >= 0.6 is 0 Å². The van der Waals surface area contributed by atoms with Gasteiger partial charge in [0.1, 0.15) is 0 Å². The lowest BCUT2D eigenvalue weighted by Crippen LogP contribution is -2.35. The monoisotopic (exact) mass is 326 g/mol. The second kappa shape index (κ2) is 7.26. The molecule has 1 amide bonds. The fourth-order valence-electron chi connectivity index (χ4n) is 4.46. The first-order valence-electron chi connectivity index (χ1n) is 9.94. The second-order valence-corrected chi connectivity index (χ2v) is 7.87. The van der Waals surface area contributed by atoms with Crippen molar-refractivity contribution in [2.75, 3.05) is 26.2 Å². The Hall–Kier alpha value is -1.35. The van der Waals surface area contributed by atoms with Crippen molar-refractivity contribution in [1.29, 1.82) is 0 Å². The maximum absolute atomic E-state index is 12.8. The van der Waals surface area contributed by atoms with Gasteiger partial charge in [-0.2, -0.15) is 0 Å². The summed E-state index contributed by atoms with van der Waals surface area (Å²) in [5, 5.41) is 0. The van der Waals surface area contributed by atoms with Gasteiger partial charge in [0.2, 0.25) is 0 Å². The topological polar surface area (TPSA) is 23.6 Å². The van der Waals surface area contributed by atoms with Crippen molar-refractivity contribution >= 4 is 5.91 Å². The van der Waals surface area contributed by atoms with Gasteiger partial charge in [-0.25, -0.2) is 0 Å². The predicted octanol–water partition coefficient (Wildman–Crippen LogP) is 4.04. The predicted molar refractivity (Wildman–Crippen MR) is 97.4 cm³/mol. The fourth-order valence-corrected chi connectivity index (χ4v) is 4.46. The van der Waals surface area contributed by atoms with Crippen LogP contribution in [-0.2, 0) is 0 Å². The second-order valence-electron chi connectivity index (χ2n) is 7.87. The Bertz CT molecular complexity index is 558. The number of nitrogens with zero attached hydrogens (tertiary/aromatic N) is 2. The lowest BCUT2D eigenvalue weighted by atomic mass is 9.84. The summed E-state index contributed by atoms with van der Waals surface area (Å²) in [5.74, 6) is 0.941. The van der Waals surface area contributed by atoms with Crippen molar-refractivity contribution in [2.24, 2.45) is 0 Å². The third-order valence-electron chi connectivity index (χ3n) is 6.12. The van der Waals surface area contributed by atoms with Crippen LogP contribution in [0.5, 0.6) is 0 Å². The Morgan fingerprint density at radius 1 is 0.792 bits per heavy atom. The van der Waals surface area contributed by atoms with Crippen LogP contribution in [0, 0.1) is 0 Å². The average molecular weight is 326 g/mol. The molecule has 0 bridgehead atoms. The van der Waals surface area contributed by atoms with E-state index in [2.05, 4.69) is 34.1 Å². The van der Waals surface area contributed by atoms with Crippen molar-refractivity contribution in [3.05, 3.63) is 35.4 Å². The zero-order valence-electron chi connectivity index (χ0n) is 14.8. The molecule has 1 aliphatic heterocycles.